The molecule has 1 saturated heterocycles. The highest BCUT2D eigenvalue weighted by Gasteiger charge is 2.23. The Bertz CT molecular complexity index is 729. The predicted octanol–water partition coefficient (Wildman–Crippen LogP) is 1.71. The first-order chi connectivity index (χ1) is 12.1. The Morgan fingerprint density at radius 2 is 2.20 bits per heavy atom. The molecule has 2 aromatic heterocycles. The highest BCUT2D eigenvalue weighted by Crippen LogP contribution is 2.18. The van der Waals surface area contributed by atoms with Gasteiger partial charge in [0.05, 0.1) is 6.54 Å². The number of pyridine rings is 1. The molecule has 1 aliphatic heterocycles. The summed E-state index contributed by atoms with van der Waals surface area (Å²) in [6, 6.07) is 9.21. The Kier molecular flexibility index (Phi) is 5.33. The van der Waals surface area contributed by atoms with Crippen molar-refractivity contribution < 1.29 is 14.0 Å². The van der Waals surface area contributed by atoms with Crippen LogP contribution in [-0.4, -0.2) is 35.9 Å². The molecule has 1 fully saturated rings. The molecule has 3 rings (SSSR count). The fourth-order valence-corrected chi connectivity index (χ4v) is 2.91. The number of carbonyl (C=O) groups excluding carboxylic acids is 2. The van der Waals surface area contributed by atoms with Crippen LogP contribution in [0, 0.1) is 0 Å². The van der Waals surface area contributed by atoms with Crippen LogP contribution in [0.4, 0.5) is 5.82 Å². The van der Waals surface area contributed by atoms with E-state index in [4.69, 9.17) is 4.42 Å². The Morgan fingerprint density at radius 3 is 2.96 bits per heavy atom. The summed E-state index contributed by atoms with van der Waals surface area (Å²) in [5.74, 6) is 1.37. The van der Waals surface area contributed by atoms with E-state index in [9.17, 15) is 9.59 Å². The van der Waals surface area contributed by atoms with Crippen molar-refractivity contribution in [1.29, 1.82) is 0 Å². The summed E-state index contributed by atoms with van der Waals surface area (Å²) in [6.45, 7) is 3.37. The molecule has 2 amide bonds. The molecule has 0 bridgehead atoms. The summed E-state index contributed by atoms with van der Waals surface area (Å²) in [5, 5.41) is 5.67. The van der Waals surface area contributed by atoms with Gasteiger partial charge in [0.2, 0.25) is 5.91 Å². The summed E-state index contributed by atoms with van der Waals surface area (Å²) in [4.78, 5) is 29.9. The van der Waals surface area contributed by atoms with Gasteiger partial charge in [0.25, 0.3) is 5.91 Å². The molecule has 2 aromatic rings. The molecule has 132 valence electrons. The van der Waals surface area contributed by atoms with Gasteiger partial charge in [-0.05, 0) is 37.1 Å². The van der Waals surface area contributed by atoms with Gasteiger partial charge in [0, 0.05) is 32.3 Å². The van der Waals surface area contributed by atoms with Crippen LogP contribution in [0.1, 0.15) is 36.1 Å². The Morgan fingerprint density at radius 1 is 1.32 bits per heavy atom. The maximum absolute atomic E-state index is 12.4. The third-order valence-corrected chi connectivity index (χ3v) is 4.13. The minimum absolute atomic E-state index is 0.0483. The largest absolute Gasteiger partial charge is 0.454 e. The van der Waals surface area contributed by atoms with Crippen molar-refractivity contribution in [3.8, 4) is 0 Å². The lowest BCUT2D eigenvalue weighted by atomic mass is 10.1. The van der Waals surface area contributed by atoms with Gasteiger partial charge in [-0.2, -0.15) is 0 Å². The number of carbonyl (C=O) groups is 2. The molecule has 25 heavy (non-hydrogen) atoms. The quantitative estimate of drug-likeness (QED) is 0.864. The Hall–Kier alpha value is -2.83. The van der Waals surface area contributed by atoms with Crippen LogP contribution in [-0.2, 0) is 11.3 Å². The molecule has 3 heterocycles. The van der Waals surface area contributed by atoms with E-state index < -0.39 is 0 Å². The topological polar surface area (TPSA) is 87.5 Å². The molecule has 0 saturated carbocycles. The number of piperidine rings is 1. The third-order valence-electron chi connectivity index (χ3n) is 4.13. The zero-order valence-corrected chi connectivity index (χ0v) is 14.2. The summed E-state index contributed by atoms with van der Waals surface area (Å²) in [5.41, 5.74) is 0. The number of amides is 2. The molecule has 0 aliphatic carbocycles. The minimum Gasteiger partial charge on any atom is -0.454 e. The minimum atomic E-state index is -0.234. The van der Waals surface area contributed by atoms with E-state index in [1.807, 2.05) is 18.2 Å². The van der Waals surface area contributed by atoms with Gasteiger partial charge >= 0.3 is 0 Å². The van der Waals surface area contributed by atoms with E-state index in [-0.39, 0.29) is 30.2 Å². The van der Waals surface area contributed by atoms with Crippen LogP contribution < -0.4 is 15.5 Å². The standard InChI is InChI=1S/C18H22N4O3/c1-13(23)20-11-15-7-8-16(25-15)18(24)21-14-5-4-10-22(12-14)17-6-2-3-9-19-17/h2-3,6-9,14H,4-5,10-12H2,1H3,(H,20,23)(H,21,24). The molecule has 7 heteroatoms. The molecule has 1 unspecified atom stereocenters. The second-order valence-corrected chi connectivity index (χ2v) is 6.12. The molecule has 1 atom stereocenters. The Balaban J connectivity index is 1.56. The average Bonchev–Trinajstić information content (AvgIpc) is 3.10. The SMILES string of the molecule is CC(=O)NCc1ccc(C(=O)NC2CCCN(c3ccccn3)C2)o1. The maximum Gasteiger partial charge on any atom is 0.287 e. The van der Waals surface area contributed by atoms with Crippen molar-refractivity contribution in [1.82, 2.24) is 15.6 Å². The number of nitrogens with zero attached hydrogens (tertiary/aromatic N) is 2. The van der Waals surface area contributed by atoms with E-state index in [2.05, 4.69) is 20.5 Å². The lowest BCUT2D eigenvalue weighted by molar-refractivity contribution is -0.119. The lowest BCUT2D eigenvalue weighted by Crippen LogP contribution is -2.48. The second-order valence-electron chi connectivity index (χ2n) is 6.12. The first-order valence-corrected chi connectivity index (χ1v) is 8.42. The predicted molar refractivity (Wildman–Crippen MR) is 93.2 cm³/mol. The summed E-state index contributed by atoms with van der Waals surface area (Å²) >= 11 is 0. The fourth-order valence-electron chi connectivity index (χ4n) is 2.91. The van der Waals surface area contributed by atoms with Gasteiger partial charge in [0.15, 0.2) is 5.76 Å². The molecular weight excluding hydrogens is 320 g/mol. The van der Waals surface area contributed by atoms with Crippen LogP contribution in [0.3, 0.4) is 0 Å². The van der Waals surface area contributed by atoms with Crippen LogP contribution >= 0.6 is 0 Å². The van der Waals surface area contributed by atoms with Gasteiger partial charge in [0.1, 0.15) is 11.6 Å². The first-order valence-electron chi connectivity index (χ1n) is 8.42. The second kappa shape index (κ2) is 7.83. The normalized spacial score (nSPS) is 17.2. The molecular formula is C18H22N4O3. The van der Waals surface area contributed by atoms with Crippen LogP contribution in [0.5, 0.6) is 0 Å². The van der Waals surface area contributed by atoms with Gasteiger partial charge in [-0.15, -0.1) is 0 Å². The molecule has 0 radical (unpaired) electrons. The molecule has 7 nitrogen and oxygen atoms in total. The number of furan rings is 1. The fraction of sp³-hybridized carbons (Fsp3) is 0.389. The van der Waals surface area contributed by atoms with Crippen molar-refractivity contribution in [3.05, 3.63) is 48.0 Å². The maximum atomic E-state index is 12.4. The van der Waals surface area contributed by atoms with Crippen LogP contribution in [0.2, 0.25) is 0 Å². The van der Waals surface area contributed by atoms with Crippen molar-refractivity contribution in [2.45, 2.75) is 32.4 Å². The number of hydrogen-bond acceptors (Lipinski definition) is 5. The van der Waals surface area contributed by atoms with Crippen molar-refractivity contribution in [2.24, 2.45) is 0 Å². The number of anilines is 1. The number of hydrogen-bond donors (Lipinski definition) is 2. The van der Waals surface area contributed by atoms with E-state index in [1.165, 1.54) is 6.92 Å². The van der Waals surface area contributed by atoms with Gasteiger partial charge in [-0.1, -0.05) is 6.07 Å². The summed E-state index contributed by atoms with van der Waals surface area (Å²) in [6.07, 6.45) is 3.69. The average molecular weight is 342 g/mol. The highest BCUT2D eigenvalue weighted by atomic mass is 16.4. The van der Waals surface area contributed by atoms with E-state index in [0.29, 0.717) is 5.76 Å². The first kappa shape index (κ1) is 17.0. The van der Waals surface area contributed by atoms with Crippen molar-refractivity contribution in [2.75, 3.05) is 18.0 Å². The van der Waals surface area contributed by atoms with Gasteiger partial charge < -0.3 is 20.0 Å². The zero-order chi connectivity index (χ0) is 17.6. The highest BCUT2D eigenvalue weighted by molar-refractivity contribution is 5.91. The molecule has 0 aromatic carbocycles. The molecule has 0 spiro atoms. The van der Waals surface area contributed by atoms with E-state index in [1.54, 1.807) is 18.3 Å². The monoisotopic (exact) mass is 342 g/mol. The van der Waals surface area contributed by atoms with Gasteiger partial charge in [-0.3, -0.25) is 9.59 Å². The molecule has 1 aliphatic rings. The third kappa shape index (κ3) is 4.59. The smallest absolute Gasteiger partial charge is 0.287 e. The number of nitrogens with one attached hydrogen (secondary N) is 2. The zero-order valence-electron chi connectivity index (χ0n) is 14.2. The summed E-state index contributed by atoms with van der Waals surface area (Å²) < 4.78 is 5.50. The number of aromatic nitrogens is 1. The number of rotatable bonds is 5. The van der Waals surface area contributed by atoms with Crippen molar-refractivity contribution in [3.63, 3.8) is 0 Å². The molecule has 2 N–H and O–H groups in total. The lowest BCUT2D eigenvalue weighted by Gasteiger charge is -2.33. The van der Waals surface area contributed by atoms with Crippen molar-refractivity contribution >= 4 is 17.6 Å². The van der Waals surface area contributed by atoms with Crippen LogP contribution in [0.25, 0.3) is 0 Å². The van der Waals surface area contributed by atoms with Gasteiger partial charge in [-0.25, -0.2) is 4.98 Å². The van der Waals surface area contributed by atoms with E-state index in [0.717, 1.165) is 31.7 Å². The van der Waals surface area contributed by atoms with E-state index >= 15 is 0 Å². The van der Waals surface area contributed by atoms with Crippen LogP contribution in [0.15, 0.2) is 40.9 Å². The summed E-state index contributed by atoms with van der Waals surface area (Å²) in [7, 11) is 0. The Labute approximate surface area is 146 Å².